The van der Waals surface area contributed by atoms with Crippen molar-refractivity contribution in [3.05, 3.63) is 28.2 Å². The minimum absolute atomic E-state index is 0.253. The van der Waals surface area contributed by atoms with Gasteiger partial charge in [0.25, 0.3) is 0 Å². The molecule has 0 amide bonds. The van der Waals surface area contributed by atoms with E-state index in [1.807, 2.05) is 18.2 Å². The molecule has 0 atom stereocenters. The van der Waals surface area contributed by atoms with Crippen molar-refractivity contribution < 1.29 is 19.4 Å². The third-order valence-corrected chi connectivity index (χ3v) is 2.60. The van der Waals surface area contributed by atoms with E-state index in [9.17, 15) is 4.79 Å². The largest absolute Gasteiger partial charge is 0.496 e. The van der Waals surface area contributed by atoms with Crippen LogP contribution in [0.3, 0.4) is 0 Å². The quantitative estimate of drug-likeness (QED) is 0.815. The first-order chi connectivity index (χ1) is 7.63. The summed E-state index contributed by atoms with van der Waals surface area (Å²) in [6.45, 7) is 0.141. The number of halogens is 1. The Labute approximate surface area is 102 Å². The Morgan fingerprint density at radius 3 is 2.81 bits per heavy atom. The fraction of sp³-hybridized carbons (Fsp3) is 0.364. The molecule has 4 nitrogen and oxygen atoms in total. The lowest BCUT2D eigenvalue weighted by atomic mass is 10.1. The van der Waals surface area contributed by atoms with E-state index in [0.29, 0.717) is 13.0 Å². The standard InChI is InChI=1S/C11H13BrO4/c1-15-10-3-2-8(6-9(10)12)4-5-16-7-11(13)14/h2-3,6H,4-5,7H2,1H3,(H,13,14). The predicted molar refractivity (Wildman–Crippen MR) is 62.9 cm³/mol. The zero-order valence-electron chi connectivity index (χ0n) is 8.90. The van der Waals surface area contributed by atoms with Gasteiger partial charge in [0.1, 0.15) is 12.4 Å². The van der Waals surface area contributed by atoms with E-state index in [0.717, 1.165) is 15.8 Å². The molecule has 1 rings (SSSR count). The van der Waals surface area contributed by atoms with Crippen LogP contribution in [0, 0.1) is 0 Å². The fourth-order valence-corrected chi connectivity index (χ4v) is 1.80. The van der Waals surface area contributed by atoms with Gasteiger partial charge in [0.15, 0.2) is 0 Å². The molecule has 0 aromatic heterocycles. The van der Waals surface area contributed by atoms with Gasteiger partial charge in [-0.2, -0.15) is 0 Å². The number of methoxy groups -OCH3 is 1. The molecule has 0 radical (unpaired) electrons. The molecule has 1 N–H and O–H groups in total. The monoisotopic (exact) mass is 288 g/mol. The molecule has 16 heavy (non-hydrogen) atoms. The van der Waals surface area contributed by atoms with Gasteiger partial charge in [-0.15, -0.1) is 0 Å². The topological polar surface area (TPSA) is 55.8 Å². The van der Waals surface area contributed by atoms with Crippen molar-refractivity contribution in [1.29, 1.82) is 0 Å². The number of carboxylic acids is 1. The smallest absolute Gasteiger partial charge is 0.329 e. The summed E-state index contributed by atoms with van der Waals surface area (Å²) in [5.74, 6) is -0.175. The third-order valence-electron chi connectivity index (χ3n) is 1.98. The van der Waals surface area contributed by atoms with Crippen LogP contribution in [0.2, 0.25) is 0 Å². The maximum atomic E-state index is 10.2. The lowest BCUT2D eigenvalue weighted by Gasteiger charge is -2.06. The number of aliphatic carboxylic acids is 1. The van der Waals surface area contributed by atoms with Gasteiger partial charge in [-0.1, -0.05) is 6.07 Å². The van der Waals surface area contributed by atoms with Crippen LogP contribution < -0.4 is 4.74 Å². The van der Waals surface area contributed by atoms with Crippen LogP contribution in [0.5, 0.6) is 5.75 Å². The minimum atomic E-state index is -0.948. The molecule has 0 spiro atoms. The maximum Gasteiger partial charge on any atom is 0.329 e. The average molecular weight is 289 g/mol. The molecule has 1 aromatic rings. The lowest BCUT2D eigenvalue weighted by molar-refractivity contribution is -0.142. The van der Waals surface area contributed by atoms with E-state index >= 15 is 0 Å². The normalized spacial score (nSPS) is 10.1. The number of benzene rings is 1. The second kappa shape index (κ2) is 6.50. The average Bonchev–Trinajstić information content (AvgIpc) is 2.24. The van der Waals surface area contributed by atoms with Crippen molar-refractivity contribution in [2.45, 2.75) is 6.42 Å². The summed E-state index contributed by atoms with van der Waals surface area (Å²) in [4.78, 5) is 10.2. The van der Waals surface area contributed by atoms with Gasteiger partial charge in [-0.05, 0) is 40.0 Å². The van der Waals surface area contributed by atoms with Crippen molar-refractivity contribution in [2.75, 3.05) is 20.3 Å². The number of ether oxygens (including phenoxy) is 2. The van der Waals surface area contributed by atoms with E-state index in [1.165, 1.54) is 0 Å². The van der Waals surface area contributed by atoms with Gasteiger partial charge >= 0.3 is 5.97 Å². The van der Waals surface area contributed by atoms with E-state index in [2.05, 4.69) is 15.9 Å². The van der Waals surface area contributed by atoms with Crippen LogP contribution in [0.25, 0.3) is 0 Å². The molecule has 88 valence electrons. The third kappa shape index (κ3) is 4.20. The molecule has 0 saturated heterocycles. The Morgan fingerprint density at radius 2 is 2.25 bits per heavy atom. The van der Waals surface area contributed by atoms with Gasteiger partial charge in [-0.25, -0.2) is 4.79 Å². The van der Waals surface area contributed by atoms with Crippen LogP contribution in [0.4, 0.5) is 0 Å². The summed E-state index contributed by atoms with van der Waals surface area (Å²) >= 11 is 3.38. The lowest BCUT2D eigenvalue weighted by Crippen LogP contribution is -2.09. The molecule has 0 saturated carbocycles. The molecule has 5 heteroatoms. The number of hydrogen-bond donors (Lipinski definition) is 1. The number of hydrogen-bond acceptors (Lipinski definition) is 3. The van der Waals surface area contributed by atoms with Crippen LogP contribution in [0.1, 0.15) is 5.56 Å². The number of carboxylic acid groups (broad SMARTS) is 1. The summed E-state index contributed by atoms with van der Waals surface area (Å²) in [6.07, 6.45) is 0.676. The molecular formula is C11H13BrO4. The highest BCUT2D eigenvalue weighted by molar-refractivity contribution is 9.10. The number of rotatable bonds is 6. The van der Waals surface area contributed by atoms with Crippen LogP contribution >= 0.6 is 15.9 Å². The molecule has 0 bridgehead atoms. The van der Waals surface area contributed by atoms with Crippen molar-refractivity contribution in [2.24, 2.45) is 0 Å². The molecule has 0 fully saturated rings. The first-order valence-electron chi connectivity index (χ1n) is 4.75. The Hall–Kier alpha value is -1.07. The van der Waals surface area contributed by atoms with Crippen LogP contribution in [-0.4, -0.2) is 31.4 Å². The Morgan fingerprint density at radius 1 is 1.50 bits per heavy atom. The number of carbonyl (C=O) groups is 1. The van der Waals surface area contributed by atoms with Crippen LogP contribution in [-0.2, 0) is 16.0 Å². The second-order valence-electron chi connectivity index (χ2n) is 3.17. The van der Waals surface area contributed by atoms with Gasteiger partial charge in [0.2, 0.25) is 0 Å². The zero-order valence-corrected chi connectivity index (χ0v) is 10.5. The van der Waals surface area contributed by atoms with Crippen LogP contribution in [0.15, 0.2) is 22.7 Å². The molecule has 1 aromatic carbocycles. The maximum absolute atomic E-state index is 10.2. The highest BCUT2D eigenvalue weighted by Crippen LogP contribution is 2.25. The Balaban J connectivity index is 2.43. The van der Waals surface area contributed by atoms with Crippen molar-refractivity contribution in [3.63, 3.8) is 0 Å². The minimum Gasteiger partial charge on any atom is -0.496 e. The Kier molecular flexibility index (Phi) is 5.28. The fourth-order valence-electron chi connectivity index (χ4n) is 1.21. The van der Waals surface area contributed by atoms with E-state index in [-0.39, 0.29) is 6.61 Å². The van der Waals surface area contributed by atoms with Crippen molar-refractivity contribution >= 4 is 21.9 Å². The van der Waals surface area contributed by atoms with E-state index in [4.69, 9.17) is 14.6 Å². The summed E-state index contributed by atoms with van der Waals surface area (Å²) in [5, 5.41) is 8.37. The van der Waals surface area contributed by atoms with E-state index in [1.54, 1.807) is 7.11 Å². The predicted octanol–water partition coefficient (Wildman–Crippen LogP) is 2.10. The summed E-state index contributed by atoms with van der Waals surface area (Å²) < 4.78 is 10.9. The van der Waals surface area contributed by atoms with Crippen molar-refractivity contribution in [3.8, 4) is 5.75 Å². The summed E-state index contributed by atoms with van der Waals surface area (Å²) in [6, 6.07) is 5.72. The van der Waals surface area contributed by atoms with Gasteiger partial charge in [0, 0.05) is 0 Å². The summed E-state index contributed by atoms with van der Waals surface area (Å²) in [5.41, 5.74) is 1.07. The summed E-state index contributed by atoms with van der Waals surface area (Å²) in [7, 11) is 1.61. The highest BCUT2D eigenvalue weighted by Gasteiger charge is 2.02. The Bertz CT molecular complexity index is 365. The molecule has 0 aliphatic heterocycles. The molecule has 0 aliphatic rings. The molecule has 0 heterocycles. The van der Waals surface area contributed by atoms with E-state index < -0.39 is 5.97 Å². The van der Waals surface area contributed by atoms with Crippen molar-refractivity contribution in [1.82, 2.24) is 0 Å². The molecular weight excluding hydrogens is 276 g/mol. The molecule has 0 unspecified atom stereocenters. The molecule has 0 aliphatic carbocycles. The van der Waals surface area contributed by atoms with Gasteiger partial charge in [0.05, 0.1) is 18.2 Å². The van der Waals surface area contributed by atoms with Gasteiger partial charge in [-0.3, -0.25) is 0 Å². The zero-order chi connectivity index (χ0) is 12.0. The SMILES string of the molecule is COc1ccc(CCOCC(=O)O)cc1Br. The first kappa shape index (κ1) is 13.0. The second-order valence-corrected chi connectivity index (χ2v) is 4.02. The highest BCUT2D eigenvalue weighted by atomic mass is 79.9. The first-order valence-corrected chi connectivity index (χ1v) is 5.54. The van der Waals surface area contributed by atoms with Gasteiger partial charge < -0.3 is 14.6 Å².